The van der Waals surface area contributed by atoms with E-state index in [1.807, 2.05) is 18.2 Å². The van der Waals surface area contributed by atoms with Gasteiger partial charge in [0.25, 0.3) is 11.5 Å². The highest BCUT2D eigenvalue weighted by atomic mass is 16.2. The van der Waals surface area contributed by atoms with Crippen molar-refractivity contribution in [2.45, 2.75) is 6.54 Å². The van der Waals surface area contributed by atoms with Crippen molar-refractivity contribution < 1.29 is 4.79 Å². The molecule has 3 rings (SSSR count). The fourth-order valence-electron chi connectivity index (χ4n) is 2.46. The zero-order chi connectivity index (χ0) is 15.4. The number of aromatic nitrogens is 3. The maximum Gasteiger partial charge on any atom is 0.274 e. The molecule has 1 aliphatic heterocycles. The van der Waals surface area contributed by atoms with Gasteiger partial charge >= 0.3 is 0 Å². The van der Waals surface area contributed by atoms with Gasteiger partial charge in [0.1, 0.15) is 5.69 Å². The number of hydrogen-bond acceptors (Lipinski definition) is 5. The molecule has 0 spiro atoms. The lowest BCUT2D eigenvalue weighted by molar-refractivity contribution is 0.0620. The minimum absolute atomic E-state index is 0.145. The second-order valence-electron chi connectivity index (χ2n) is 5.20. The Balaban J connectivity index is 1.56. The number of carbonyl (C=O) groups excluding carboxylic acids is 1. The minimum Gasteiger partial charge on any atom is -0.335 e. The van der Waals surface area contributed by atoms with Crippen LogP contribution >= 0.6 is 0 Å². The van der Waals surface area contributed by atoms with E-state index in [-0.39, 0.29) is 17.2 Å². The molecule has 22 heavy (non-hydrogen) atoms. The van der Waals surface area contributed by atoms with Gasteiger partial charge in [0.05, 0.1) is 5.69 Å². The molecule has 2 aromatic heterocycles. The van der Waals surface area contributed by atoms with Gasteiger partial charge in [-0.05, 0) is 18.2 Å². The summed E-state index contributed by atoms with van der Waals surface area (Å²) in [5.74, 6) is -0.145. The molecule has 0 atom stereocenters. The van der Waals surface area contributed by atoms with Gasteiger partial charge in [0, 0.05) is 45.0 Å². The summed E-state index contributed by atoms with van der Waals surface area (Å²) < 4.78 is 0. The Bertz CT molecular complexity index is 672. The fraction of sp³-hybridized carbons (Fsp3) is 0.333. The summed E-state index contributed by atoms with van der Waals surface area (Å²) in [7, 11) is 0. The number of carbonyl (C=O) groups is 1. The summed E-state index contributed by atoms with van der Waals surface area (Å²) >= 11 is 0. The summed E-state index contributed by atoms with van der Waals surface area (Å²) in [6.07, 6.45) is 1.79. The average molecular weight is 299 g/mol. The molecule has 0 bridgehead atoms. The first kappa shape index (κ1) is 14.4. The molecule has 1 aliphatic rings. The van der Waals surface area contributed by atoms with Crippen LogP contribution in [0.4, 0.5) is 0 Å². The highest BCUT2D eigenvalue weighted by molar-refractivity contribution is 5.92. The molecule has 0 aromatic carbocycles. The number of nitrogens with one attached hydrogen (secondary N) is 1. The van der Waals surface area contributed by atoms with Crippen molar-refractivity contribution in [3.63, 3.8) is 0 Å². The lowest BCUT2D eigenvalue weighted by Crippen LogP contribution is -2.48. The van der Waals surface area contributed by atoms with Gasteiger partial charge < -0.3 is 4.90 Å². The van der Waals surface area contributed by atoms with Gasteiger partial charge in [-0.3, -0.25) is 19.5 Å². The fourth-order valence-corrected chi connectivity index (χ4v) is 2.46. The first-order valence-corrected chi connectivity index (χ1v) is 7.19. The Labute approximate surface area is 127 Å². The average Bonchev–Trinajstić information content (AvgIpc) is 2.57. The lowest BCUT2D eigenvalue weighted by Gasteiger charge is -2.34. The third-order valence-electron chi connectivity index (χ3n) is 3.67. The van der Waals surface area contributed by atoms with Gasteiger partial charge in [0.15, 0.2) is 0 Å². The Morgan fingerprint density at radius 3 is 2.59 bits per heavy atom. The molecule has 0 aliphatic carbocycles. The molecule has 0 unspecified atom stereocenters. The molecule has 2 aromatic rings. The molecule has 1 N–H and O–H groups in total. The molecule has 114 valence electrons. The van der Waals surface area contributed by atoms with Crippen LogP contribution in [0.25, 0.3) is 0 Å². The van der Waals surface area contributed by atoms with E-state index in [4.69, 9.17) is 0 Å². The van der Waals surface area contributed by atoms with E-state index in [1.165, 1.54) is 12.1 Å². The van der Waals surface area contributed by atoms with Crippen molar-refractivity contribution in [1.82, 2.24) is 25.0 Å². The summed E-state index contributed by atoms with van der Waals surface area (Å²) in [6.45, 7) is 3.68. The van der Waals surface area contributed by atoms with Crippen LogP contribution < -0.4 is 5.56 Å². The second kappa shape index (κ2) is 6.48. The van der Waals surface area contributed by atoms with E-state index in [2.05, 4.69) is 20.1 Å². The predicted octanol–water partition coefficient (Wildman–Crippen LogP) is 0.123. The van der Waals surface area contributed by atoms with Crippen LogP contribution in [0.5, 0.6) is 0 Å². The number of hydrogen-bond donors (Lipinski definition) is 1. The van der Waals surface area contributed by atoms with E-state index in [9.17, 15) is 9.59 Å². The van der Waals surface area contributed by atoms with Crippen molar-refractivity contribution >= 4 is 5.91 Å². The summed E-state index contributed by atoms with van der Waals surface area (Å²) in [4.78, 5) is 31.6. The third-order valence-corrected chi connectivity index (χ3v) is 3.67. The maximum atomic E-state index is 12.3. The monoisotopic (exact) mass is 299 g/mol. The summed E-state index contributed by atoms with van der Waals surface area (Å²) in [5, 5.41) is 6.08. The predicted molar refractivity (Wildman–Crippen MR) is 80.3 cm³/mol. The van der Waals surface area contributed by atoms with Crippen LogP contribution in [-0.4, -0.2) is 57.1 Å². The summed E-state index contributed by atoms with van der Waals surface area (Å²) in [5.41, 5.74) is 0.999. The van der Waals surface area contributed by atoms with Gasteiger partial charge in [-0.25, -0.2) is 5.10 Å². The number of amides is 1. The van der Waals surface area contributed by atoms with Gasteiger partial charge in [-0.15, -0.1) is 0 Å². The largest absolute Gasteiger partial charge is 0.335 e. The van der Waals surface area contributed by atoms with Gasteiger partial charge in [0.2, 0.25) is 0 Å². The Kier molecular flexibility index (Phi) is 4.24. The SMILES string of the molecule is O=C(c1ccc(=O)[nH]n1)N1CCN(Cc2ccccn2)CC1. The van der Waals surface area contributed by atoms with Crippen LogP contribution in [0, 0.1) is 0 Å². The number of aromatic amines is 1. The van der Waals surface area contributed by atoms with Gasteiger partial charge in [-0.1, -0.05) is 6.07 Å². The Morgan fingerprint density at radius 2 is 1.95 bits per heavy atom. The number of piperazine rings is 1. The molecule has 0 saturated carbocycles. The Hall–Kier alpha value is -2.54. The molecule has 0 radical (unpaired) electrons. The van der Waals surface area contributed by atoms with Crippen LogP contribution in [0.1, 0.15) is 16.2 Å². The summed E-state index contributed by atoms with van der Waals surface area (Å²) in [6, 6.07) is 8.65. The van der Waals surface area contributed by atoms with Crippen LogP contribution in [-0.2, 0) is 6.54 Å². The molecular weight excluding hydrogens is 282 g/mol. The Morgan fingerprint density at radius 1 is 1.14 bits per heavy atom. The third kappa shape index (κ3) is 3.37. The first-order valence-electron chi connectivity index (χ1n) is 7.19. The van der Waals surface area contributed by atoms with E-state index in [0.29, 0.717) is 13.1 Å². The van der Waals surface area contributed by atoms with Crippen molar-refractivity contribution in [3.8, 4) is 0 Å². The smallest absolute Gasteiger partial charge is 0.274 e. The zero-order valence-corrected chi connectivity index (χ0v) is 12.1. The number of nitrogens with zero attached hydrogens (tertiary/aromatic N) is 4. The van der Waals surface area contributed by atoms with Crippen LogP contribution in [0.3, 0.4) is 0 Å². The topological polar surface area (TPSA) is 82.2 Å². The number of pyridine rings is 1. The van der Waals surface area contributed by atoms with Crippen LogP contribution in [0.15, 0.2) is 41.3 Å². The minimum atomic E-state index is -0.309. The van der Waals surface area contributed by atoms with E-state index >= 15 is 0 Å². The highest BCUT2D eigenvalue weighted by Crippen LogP contribution is 2.09. The standard InChI is InChI=1S/C15H17N5O2/c21-14-5-4-13(17-18-14)15(22)20-9-7-19(8-10-20)11-12-3-1-2-6-16-12/h1-6H,7-11H2,(H,18,21). The van der Waals surface area contributed by atoms with Crippen molar-refractivity contribution in [2.75, 3.05) is 26.2 Å². The van der Waals surface area contributed by atoms with Crippen molar-refractivity contribution in [1.29, 1.82) is 0 Å². The normalized spacial score (nSPS) is 15.7. The molecule has 1 fully saturated rings. The molecule has 1 amide bonds. The zero-order valence-electron chi connectivity index (χ0n) is 12.1. The second-order valence-corrected chi connectivity index (χ2v) is 5.20. The van der Waals surface area contributed by atoms with E-state index in [1.54, 1.807) is 11.1 Å². The number of H-pyrrole nitrogens is 1. The molecule has 7 heteroatoms. The highest BCUT2D eigenvalue weighted by Gasteiger charge is 2.23. The van der Waals surface area contributed by atoms with Crippen LogP contribution in [0.2, 0.25) is 0 Å². The lowest BCUT2D eigenvalue weighted by atomic mass is 10.2. The molecule has 1 saturated heterocycles. The molecular formula is C15H17N5O2. The van der Waals surface area contributed by atoms with E-state index < -0.39 is 0 Å². The van der Waals surface area contributed by atoms with Gasteiger partial charge in [-0.2, -0.15) is 5.10 Å². The van der Waals surface area contributed by atoms with Crippen molar-refractivity contribution in [2.24, 2.45) is 0 Å². The molecule has 7 nitrogen and oxygen atoms in total. The van der Waals surface area contributed by atoms with E-state index in [0.717, 1.165) is 25.3 Å². The molecule has 3 heterocycles. The maximum absolute atomic E-state index is 12.3. The van der Waals surface area contributed by atoms with Crippen molar-refractivity contribution in [3.05, 3.63) is 58.3 Å². The quantitative estimate of drug-likeness (QED) is 0.870. The number of rotatable bonds is 3. The first-order chi connectivity index (χ1) is 10.7.